The lowest BCUT2D eigenvalue weighted by Gasteiger charge is -2.05. The zero-order chi connectivity index (χ0) is 15.5. The lowest BCUT2D eigenvalue weighted by molar-refractivity contribution is 0.321. The highest BCUT2D eigenvalue weighted by Gasteiger charge is 2.09. The van der Waals surface area contributed by atoms with E-state index in [-0.39, 0.29) is 5.75 Å². The summed E-state index contributed by atoms with van der Waals surface area (Å²) in [6.07, 6.45) is 3.45. The molecule has 22 heavy (non-hydrogen) atoms. The molecule has 0 aliphatic heterocycles. The van der Waals surface area contributed by atoms with Crippen molar-refractivity contribution in [3.05, 3.63) is 54.2 Å². The van der Waals surface area contributed by atoms with Gasteiger partial charge in [-0.05, 0) is 44.2 Å². The lowest BCUT2D eigenvalue weighted by Crippen LogP contribution is -1.95. The largest absolute Gasteiger partial charge is 0.491 e. The molecule has 3 rings (SSSR count). The molecule has 3 aromatic rings. The minimum absolute atomic E-state index is 0.237. The van der Waals surface area contributed by atoms with Gasteiger partial charge in [0.1, 0.15) is 5.69 Å². The van der Waals surface area contributed by atoms with Gasteiger partial charge in [0, 0.05) is 11.3 Å². The molecule has 0 spiro atoms. The van der Waals surface area contributed by atoms with Crippen molar-refractivity contribution in [3.8, 4) is 22.7 Å². The number of aromatic nitrogens is 4. The van der Waals surface area contributed by atoms with Gasteiger partial charge < -0.3 is 4.74 Å². The highest BCUT2D eigenvalue weighted by molar-refractivity contribution is 5.59. The molecule has 0 saturated carbocycles. The predicted octanol–water partition coefficient (Wildman–Crippen LogP) is 3.18. The van der Waals surface area contributed by atoms with E-state index in [0.29, 0.717) is 17.9 Å². The molecule has 0 aliphatic rings. The first-order chi connectivity index (χ1) is 10.7. The predicted molar refractivity (Wildman–Crippen MR) is 80.5 cm³/mol. The van der Waals surface area contributed by atoms with E-state index in [2.05, 4.69) is 15.3 Å². The minimum atomic E-state index is -0.411. The second-order valence-corrected chi connectivity index (χ2v) is 4.78. The third kappa shape index (κ3) is 2.81. The molecule has 0 bridgehead atoms. The third-order valence-electron chi connectivity index (χ3n) is 3.18. The van der Waals surface area contributed by atoms with Crippen molar-refractivity contribution in [2.45, 2.75) is 13.8 Å². The number of pyridine rings is 1. The third-order valence-corrected chi connectivity index (χ3v) is 3.18. The van der Waals surface area contributed by atoms with Gasteiger partial charge in [-0.3, -0.25) is 4.98 Å². The number of hydrogen-bond acceptors (Lipinski definition) is 4. The molecular weight excluding hydrogens is 283 g/mol. The van der Waals surface area contributed by atoms with Crippen LogP contribution in [0.5, 0.6) is 5.75 Å². The van der Waals surface area contributed by atoms with E-state index in [4.69, 9.17) is 4.74 Å². The zero-order valence-corrected chi connectivity index (χ0v) is 12.3. The molecule has 0 unspecified atom stereocenters. The van der Waals surface area contributed by atoms with Gasteiger partial charge in [-0.2, -0.15) is 0 Å². The summed E-state index contributed by atoms with van der Waals surface area (Å²) in [7, 11) is 0. The molecule has 1 aromatic carbocycles. The second kappa shape index (κ2) is 5.93. The number of aryl methyl sites for hydroxylation is 1. The van der Waals surface area contributed by atoms with Gasteiger partial charge in [0.15, 0.2) is 11.6 Å². The van der Waals surface area contributed by atoms with Crippen LogP contribution in [0, 0.1) is 12.7 Å². The van der Waals surface area contributed by atoms with Crippen molar-refractivity contribution >= 4 is 0 Å². The fourth-order valence-electron chi connectivity index (χ4n) is 2.05. The normalized spacial score (nSPS) is 10.7. The van der Waals surface area contributed by atoms with Crippen LogP contribution >= 0.6 is 0 Å². The van der Waals surface area contributed by atoms with Gasteiger partial charge in [0.25, 0.3) is 0 Å². The summed E-state index contributed by atoms with van der Waals surface area (Å²) in [5.41, 5.74) is 2.96. The quantitative estimate of drug-likeness (QED) is 0.742. The smallest absolute Gasteiger partial charge is 0.165 e. The van der Waals surface area contributed by atoms with Gasteiger partial charge in [0.05, 0.1) is 24.7 Å². The van der Waals surface area contributed by atoms with Gasteiger partial charge in [0.2, 0.25) is 0 Å². The Labute approximate surface area is 127 Å². The average molecular weight is 298 g/mol. The van der Waals surface area contributed by atoms with E-state index >= 15 is 0 Å². The van der Waals surface area contributed by atoms with Crippen LogP contribution in [0.25, 0.3) is 16.9 Å². The summed E-state index contributed by atoms with van der Waals surface area (Å²) < 4.78 is 20.7. The van der Waals surface area contributed by atoms with Crippen LogP contribution < -0.4 is 4.74 Å². The molecule has 0 saturated heterocycles. The van der Waals surface area contributed by atoms with Gasteiger partial charge in [-0.25, -0.2) is 9.07 Å². The molecule has 0 radical (unpaired) electrons. The van der Waals surface area contributed by atoms with Crippen LogP contribution in [0.2, 0.25) is 0 Å². The maximum absolute atomic E-state index is 13.9. The van der Waals surface area contributed by atoms with E-state index in [9.17, 15) is 4.39 Å². The van der Waals surface area contributed by atoms with Crippen LogP contribution in [-0.2, 0) is 0 Å². The highest BCUT2D eigenvalue weighted by Crippen LogP contribution is 2.24. The SMILES string of the molecule is CCOc1ccc(-c2cn(-c3ccc(C)nc3)nn2)cc1F. The fraction of sp³-hybridized carbons (Fsp3) is 0.188. The van der Waals surface area contributed by atoms with E-state index in [1.165, 1.54) is 6.07 Å². The Morgan fingerprint density at radius 3 is 2.77 bits per heavy atom. The Balaban J connectivity index is 1.90. The van der Waals surface area contributed by atoms with E-state index in [1.807, 2.05) is 26.0 Å². The van der Waals surface area contributed by atoms with Crippen molar-refractivity contribution in [2.24, 2.45) is 0 Å². The monoisotopic (exact) mass is 298 g/mol. The standard InChI is InChI=1S/C16H15FN4O/c1-3-22-16-7-5-12(8-14(16)17)15-10-21(20-19-15)13-6-4-11(2)18-9-13/h4-10H,3H2,1-2H3. The highest BCUT2D eigenvalue weighted by atomic mass is 19.1. The molecule has 0 N–H and O–H groups in total. The first-order valence-electron chi connectivity index (χ1n) is 6.95. The molecule has 0 atom stereocenters. The molecular formula is C16H15FN4O. The number of ether oxygens (including phenoxy) is 1. The maximum atomic E-state index is 13.9. The summed E-state index contributed by atoms with van der Waals surface area (Å²) in [5.74, 6) is -0.174. The summed E-state index contributed by atoms with van der Waals surface area (Å²) in [6, 6.07) is 8.55. The molecule has 2 heterocycles. The average Bonchev–Trinajstić information content (AvgIpc) is 3.00. The number of hydrogen-bond donors (Lipinski definition) is 0. The Bertz CT molecular complexity index is 783. The van der Waals surface area contributed by atoms with Gasteiger partial charge >= 0.3 is 0 Å². The number of benzene rings is 1. The van der Waals surface area contributed by atoms with Crippen LogP contribution in [0.4, 0.5) is 4.39 Å². The summed E-state index contributed by atoms with van der Waals surface area (Å²) in [5, 5.41) is 8.13. The zero-order valence-electron chi connectivity index (χ0n) is 12.3. The second-order valence-electron chi connectivity index (χ2n) is 4.78. The van der Waals surface area contributed by atoms with Crippen molar-refractivity contribution in [3.63, 3.8) is 0 Å². The summed E-state index contributed by atoms with van der Waals surface area (Å²) in [6.45, 7) is 4.15. The number of nitrogens with zero attached hydrogens (tertiary/aromatic N) is 4. The topological polar surface area (TPSA) is 52.8 Å². The fourth-order valence-corrected chi connectivity index (χ4v) is 2.05. The molecule has 0 amide bonds. The molecule has 0 aliphatic carbocycles. The maximum Gasteiger partial charge on any atom is 0.165 e. The molecule has 0 fully saturated rings. The number of rotatable bonds is 4. The number of halogens is 1. The summed E-state index contributed by atoms with van der Waals surface area (Å²) in [4.78, 5) is 4.22. The van der Waals surface area contributed by atoms with Gasteiger partial charge in [-0.1, -0.05) is 5.21 Å². The lowest BCUT2D eigenvalue weighted by atomic mass is 10.1. The molecule has 112 valence electrons. The van der Waals surface area contributed by atoms with Crippen LogP contribution in [0.1, 0.15) is 12.6 Å². The first-order valence-corrected chi connectivity index (χ1v) is 6.95. The Morgan fingerprint density at radius 2 is 2.09 bits per heavy atom. The Hall–Kier alpha value is -2.76. The summed E-state index contributed by atoms with van der Waals surface area (Å²) >= 11 is 0. The molecule has 6 heteroatoms. The van der Waals surface area contributed by atoms with E-state index in [1.54, 1.807) is 29.2 Å². The Morgan fingerprint density at radius 1 is 1.23 bits per heavy atom. The van der Waals surface area contributed by atoms with Crippen LogP contribution in [-0.4, -0.2) is 26.6 Å². The Kier molecular flexibility index (Phi) is 3.82. The minimum Gasteiger partial charge on any atom is -0.491 e. The van der Waals surface area contributed by atoms with Crippen molar-refractivity contribution < 1.29 is 9.13 Å². The van der Waals surface area contributed by atoms with Crippen LogP contribution in [0.3, 0.4) is 0 Å². The van der Waals surface area contributed by atoms with Crippen molar-refractivity contribution in [1.29, 1.82) is 0 Å². The van der Waals surface area contributed by atoms with Gasteiger partial charge in [-0.15, -0.1) is 5.10 Å². The van der Waals surface area contributed by atoms with Crippen molar-refractivity contribution in [2.75, 3.05) is 6.61 Å². The van der Waals surface area contributed by atoms with E-state index < -0.39 is 5.82 Å². The molecule has 2 aromatic heterocycles. The van der Waals surface area contributed by atoms with Crippen molar-refractivity contribution in [1.82, 2.24) is 20.0 Å². The molecule has 5 nitrogen and oxygen atoms in total. The van der Waals surface area contributed by atoms with Crippen LogP contribution in [0.15, 0.2) is 42.7 Å². The first kappa shape index (κ1) is 14.2. The van der Waals surface area contributed by atoms with E-state index in [0.717, 1.165) is 11.4 Å².